The number of carbonyl (C=O) groups is 2. The van der Waals surface area contributed by atoms with Gasteiger partial charge < -0.3 is 10.1 Å². The van der Waals surface area contributed by atoms with Gasteiger partial charge in [-0.05, 0) is 37.1 Å². The van der Waals surface area contributed by atoms with E-state index in [2.05, 4.69) is 5.32 Å². The van der Waals surface area contributed by atoms with Crippen LogP contribution in [-0.4, -0.2) is 44.3 Å². The van der Waals surface area contributed by atoms with Gasteiger partial charge in [-0.2, -0.15) is 0 Å². The average molecular weight is 353 g/mol. The molecule has 1 saturated heterocycles. The summed E-state index contributed by atoms with van der Waals surface area (Å²) < 4.78 is 28.2. The Balaban J connectivity index is 1.77. The second-order valence-electron chi connectivity index (χ2n) is 5.96. The predicted molar refractivity (Wildman–Crippen MR) is 91.0 cm³/mol. The summed E-state index contributed by atoms with van der Waals surface area (Å²) in [5.41, 5.74) is 0.537. The monoisotopic (exact) mass is 353 g/mol. The Morgan fingerprint density at radius 1 is 1.21 bits per heavy atom. The molecule has 0 saturated carbocycles. The molecule has 24 heavy (non-hydrogen) atoms. The second kappa shape index (κ2) is 8.28. The lowest BCUT2D eigenvalue weighted by molar-refractivity contribution is -0.121. The Kier molecular flexibility index (Phi) is 6.36. The molecule has 1 amide bonds. The molecular weight excluding hydrogens is 330 g/mol. The maximum Gasteiger partial charge on any atom is 0.220 e. The van der Waals surface area contributed by atoms with Gasteiger partial charge in [0.25, 0.3) is 0 Å². The lowest BCUT2D eigenvalue weighted by Crippen LogP contribution is -2.35. The zero-order chi connectivity index (χ0) is 17.6. The smallest absolute Gasteiger partial charge is 0.220 e. The average Bonchev–Trinajstić information content (AvgIpc) is 2.89. The molecule has 132 valence electrons. The van der Waals surface area contributed by atoms with E-state index in [0.29, 0.717) is 24.3 Å². The van der Waals surface area contributed by atoms with E-state index in [4.69, 9.17) is 4.74 Å². The highest BCUT2D eigenvalue weighted by atomic mass is 32.2. The van der Waals surface area contributed by atoms with Crippen LogP contribution in [-0.2, 0) is 14.6 Å². The van der Waals surface area contributed by atoms with Gasteiger partial charge in [0, 0.05) is 24.4 Å². The zero-order valence-corrected chi connectivity index (χ0v) is 14.6. The summed E-state index contributed by atoms with van der Waals surface area (Å²) in [6.07, 6.45) is 1.52. The quantitative estimate of drug-likeness (QED) is 0.719. The molecule has 1 unspecified atom stereocenters. The fourth-order valence-corrected chi connectivity index (χ4v) is 4.21. The van der Waals surface area contributed by atoms with Crippen molar-refractivity contribution in [1.82, 2.24) is 5.32 Å². The molecule has 6 nitrogen and oxygen atoms in total. The van der Waals surface area contributed by atoms with E-state index < -0.39 is 9.84 Å². The largest absolute Gasteiger partial charge is 0.494 e. The highest BCUT2D eigenvalue weighted by molar-refractivity contribution is 7.91. The first-order chi connectivity index (χ1) is 11.4. The molecule has 1 aromatic rings. The van der Waals surface area contributed by atoms with Crippen molar-refractivity contribution in [2.45, 2.75) is 38.6 Å². The van der Waals surface area contributed by atoms with Crippen molar-refractivity contribution in [3.63, 3.8) is 0 Å². The first kappa shape index (κ1) is 18.4. The second-order valence-corrected chi connectivity index (χ2v) is 8.19. The SMILES string of the molecule is CCCOc1ccc(C(=O)CCC(=O)NC2CCS(=O)(=O)C2)cc1. The van der Waals surface area contributed by atoms with Crippen molar-refractivity contribution in [3.8, 4) is 5.75 Å². The molecule has 1 heterocycles. The third-order valence-electron chi connectivity index (χ3n) is 3.83. The summed E-state index contributed by atoms with van der Waals surface area (Å²) in [4.78, 5) is 23.9. The Hall–Kier alpha value is -1.89. The number of hydrogen-bond donors (Lipinski definition) is 1. The molecule has 1 aromatic carbocycles. The van der Waals surface area contributed by atoms with Gasteiger partial charge in [-0.15, -0.1) is 0 Å². The number of ether oxygens (including phenoxy) is 1. The van der Waals surface area contributed by atoms with Gasteiger partial charge in [-0.3, -0.25) is 9.59 Å². The topological polar surface area (TPSA) is 89.5 Å². The van der Waals surface area contributed by atoms with E-state index in [-0.39, 0.29) is 42.1 Å². The normalized spacial score (nSPS) is 19.0. The molecule has 1 N–H and O–H groups in total. The minimum absolute atomic E-state index is 0.00803. The van der Waals surface area contributed by atoms with Crippen molar-refractivity contribution in [2.24, 2.45) is 0 Å². The van der Waals surface area contributed by atoms with E-state index >= 15 is 0 Å². The van der Waals surface area contributed by atoms with Crippen molar-refractivity contribution < 1.29 is 22.7 Å². The molecule has 1 aliphatic heterocycles. The van der Waals surface area contributed by atoms with Crippen LogP contribution in [0.5, 0.6) is 5.75 Å². The molecule has 1 aliphatic rings. The van der Waals surface area contributed by atoms with Crippen LogP contribution in [0.2, 0.25) is 0 Å². The molecular formula is C17H23NO5S. The van der Waals surface area contributed by atoms with E-state index in [0.717, 1.165) is 6.42 Å². The summed E-state index contributed by atoms with van der Waals surface area (Å²) >= 11 is 0. The van der Waals surface area contributed by atoms with E-state index in [9.17, 15) is 18.0 Å². The Morgan fingerprint density at radius 3 is 2.50 bits per heavy atom. The predicted octanol–water partition coefficient (Wildman–Crippen LogP) is 1.74. The Labute approximate surface area is 142 Å². The van der Waals surface area contributed by atoms with Gasteiger partial charge in [0.1, 0.15) is 5.75 Å². The zero-order valence-electron chi connectivity index (χ0n) is 13.8. The molecule has 0 radical (unpaired) electrons. The van der Waals surface area contributed by atoms with Crippen LogP contribution in [0.4, 0.5) is 0 Å². The van der Waals surface area contributed by atoms with Crippen molar-refractivity contribution in [2.75, 3.05) is 18.1 Å². The van der Waals surface area contributed by atoms with Gasteiger partial charge in [0.05, 0.1) is 18.1 Å². The van der Waals surface area contributed by atoms with E-state index in [1.54, 1.807) is 24.3 Å². The number of amides is 1. The van der Waals surface area contributed by atoms with Crippen molar-refractivity contribution in [1.29, 1.82) is 0 Å². The first-order valence-electron chi connectivity index (χ1n) is 8.15. The minimum atomic E-state index is -3.02. The third kappa shape index (κ3) is 5.63. The van der Waals surface area contributed by atoms with Gasteiger partial charge in [-0.1, -0.05) is 6.92 Å². The summed E-state index contributed by atoms with van der Waals surface area (Å²) in [5, 5.41) is 2.68. The summed E-state index contributed by atoms with van der Waals surface area (Å²) in [6.45, 7) is 2.65. The number of carbonyl (C=O) groups excluding carboxylic acids is 2. The number of sulfone groups is 1. The molecule has 0 aromatic heterocycles. The molecule has 1 atom stereocenters. The van der Waals surface area contributed by atoms with Crippen LogP contribution in [0.1, 0.15) is 43.0 Å². The third-order valence-corrected chi connectivity index (χ3v) is 5.59. The van der Waals surface area contributed by atoms with Gasteiger partial charge in [0.15, 0.2) is 15.6 Å². The molecule has 0 aliphatic carbocycles. The van der Waals surface area contributed by atoms with Crippen LogP contribution >= 0.6 is 0 Å². The van der Waals surface area contributed by atoms with Crippen LogP contribution in [0.3, 0.4) is 0 Å². The van der Waals surface area contributed by atoms with Crippen LogP contribution < -0.4 is 10.1 Å². The standard InChI is InChI=1S/C17H23NO5S/c1-2-10-23-15-5-3-13(4-6-15)16(19)7-8-17(20)18-14-9-11-24(21,22)12-14/h3-6,14H,2,7-12H2,1H3,(H,18,20). The lowest BCUT2D eigenvalue weighted by atomic mass is 10.1. The molecule has 2 rings (SSSR count). The molecule has 0 bridgehead atoms. The van der Waals surface area contributed by atoms with Gasteiger partial charge in [0.2, 0.25) is 5.91 Å². The first-order valence-corrected chi connectivity index (χ1v) is 9.97. The number of nitrogens with one attached hydrogen (secondary N) is 1. The van der Waals surface area contributed by atoms with Crippen LogP contribution in [0.25, 0.3) is 0 Å². The van der Waals surface area contributed by atoms with Crippen molar-refractivity contribution >= 4 is 21.5 Å². The number of hydrogen-bond acceptors (Lipinski definition) is 5. The van der Waals surface area contributed by atoms with E-state index in [1.807, 2.05) is 6.92 Å². The van der Waals surface area contributed by atoms with Gasteiger partial charge in [-0.25, -0.2) is 8.42 Å². The fourth-order valence-electron chi connectivity index (χ4n) is 2.54. The fraction of sp³-hybridized carbons (Fsp3) is 0.529. The summed E-state index contributed by atoms with van der Waals surface area (Å²) in [6, 6.07) is 6.54. The number of Topliss-reactive ketones (excluding diaryl/α,β-unsaturated/α-hetero) is 1. The summed E-state index contributed by atoms with van der Waals surface area (Å²) in [5.74, 6) is 0.420. The maximum absolute atomic E-state index is 12.1. The highest BCUT2D eigenvalue weighted by Gasteiger charge is 2.28. The highest BCUT2D eigenvalue weighted by Crippen LogP contribution is 2.15. The Morgan fingerprint density at radius 2 is 1.92 bits per heavy atom. The van der Waals surface area contributed by atoms with Crippen LogP contribution in [0.15, 0.2) is 24.3 Å². The lowest BCUT2D eigenvalue weighted by Gasteiger charge is -2.10. The molecule has 7 heteroatoms. The molecule has 1 fully saturated rings. The summed E-state index contributed by atoms with van der Waals surface area (Å²) in [7, 11) is -3.02. The maximum atomic E-state index is 12.1. The van der Waals surface area contributed by atoms with E-state index in [1.165, 1.54) is 0 Å². The van der Waals surface area contributed by atoms with Crippen LogP contribution in [0, 0.1) is 0 Å². The minimum Gasteiger partial charge on any atom is -0.494 e. The molecule has 0 spiro atoms. The Bertz CT molecular complexity index is 681. The number of ketones is 1. The number of benzene rings is 1. The van der Waals surface area contributed by atoms with Crippen molar-refractivity contribution in [3.05, 3.63) is 29.8 Å². The van der Waals surface area contributed by atoms with Gasteiger partial charge >= 0.3 is 0 Å². The number of rotatable bonds is 8.